The molecule has 1 saturated heterocycles. The molecule has 0 saturated carbocycles. The van der Waals surface area contributed by atoms with E-state index in [4.69, 9.17) is 4.74 Å². The number of ether oxygens (including phenoxy) is 1. The third kappa shape index (κ3) is 5.30. The van der Waals surface area contributed by atoms with Crippen molar-refractivity contribution < 1.29 is 14.3 Å². The number of nitrogens with one attached hydrogen (secondary N) is 1. The highest BCUT2D eigenvalue weighted by atomic mass is 79.9. The van der Waals surface area contributed by atoms with Crippen molar-refractivity contribution in [3.63, 3.8) is 0 Å². The van der Waals surface area contributed by atoms with E-state index in [1.165, 1.54) is 11.8 Å². The lowest BCUT2D eigenvalue weighted by molar-refractivity contribution is -0.132. The first-order valence-corrected chi connectivity index (χ1v) is 9.00. The Morgan fingerprint density at radius 1 is 1.32 bits per heavy atom. The second-order valence-electron chi connectivity index (χ2n) is 5.00. The largest absolute Gasteiger partial charge is 0.378 e. The summed E-state index contributed by atoms with van der Waals surface area (Å²) >= 11 is 4.76. The molecular formula is C15H19BrN2O3S. The summed E-state index contributed by atoms with van der Waals surface area (Å²) in [6, 6.07) is 5.66. The van der Waals surface area contributed by atoms with Crippen molar-refractivity contribution in [1.82, 2.24) is 4.90 Å². The minimum atomic E-state index is -0.0958. The van der Waals surface area contributed by atoms with Crippen LogP contribution in [0, 0.1) is 6.92 Å². The van der Waals surface area contributed by atoms with Crippen LogP contribution in [-0.2, 0) is 14.3 Å². The first-order chi connectivity index (χ1) is 10.6. The molecule has 5 nitrogen and oxygen atoms in total. The minimum Gasteiger partial charge on any atom is -0.378 e. The average Bonchev–Trinajstić information content (AvgIpc) is 2.51. The van der Waals surface area contributed by atoms with Crippen LogP contribution in [0.4, 0.5) is 5.69 Å². The van der Waals surface area contributed by atoms with Crippen molar-refractivity contribution in [3.05, 3.63) is 28.2 Å². The van der Waals surface area contributed by atoms with E-state index in [0.29, 0.717) is 32.1 Å². The summed E-state index contributed by atoms with van der Waals surface area (Å²) in [6.45, 7) is 4.45. The second-order valence-corrected chi connectivity index (χ2v) is 6.84. The maximum Gasteiger partial charge on any atom is 0.234 e. The average molecular weight is 387 g/mol. The van der Waals surface area contributed by atoms with Crippen molar-refractivity contribution in [3.8, 4) is 0 Å². The van der Waals surface area contributed by atoms with Crippen molar-refractivity contribution in [2.75, 3.05) is 43.1 Å². The predicted molar refractivity (Wildman–Crippen MR) is 92.2 cm³/mol. The SMILES string of the molecule is Cc1cc(NC(=O)CSCC(=O)N2CCOCC2)ccc1Br. The Balaban J connectivity index is 1.71. The van der Waals surface area contributed by atoms with Gasteiger partial charge in [-0.3, -0.25) is 9.59 Å². The molecule has 0 unspecified atom stereocenters. The fraction of sp³-hybridized carbons (Fsp3) is 0.467. The van der Waals surface area contributed by atoms with Crippen LogP contribution in [0.5, 0.6) is 0 Å². The molecule has 0 aromatic heterocycles. The molecule has 1 aromatic carbocycles. The van der Waals surface area contributed by atoms with Gasteiger partial charge in [-0.15, -0.1) is 11.8 Å². The van der Waals surface area contributed by atoms with E-state index >= 15 is 0 Å². The van der Waals surface area contributed by atoms with Gasteiger partial charge in [-0.25, -0.2) is 0 Å². The first-order valence-electron chi connectivity index (χ1n) is 7.05. The molecule has 0 atom stereocenters. The lowest BCUT2D eigenvalue weighted by atomic mass is 10.2. The van der Waals surface area contributed by atoms with Gasteiger partial charge >= 0.3 is 0 Å². The van der Waals surface area contributed by atoms with E-state index in [1.807, 2.05) is 25.1 Å². The number of amides is 2. The number of benzene rings is 1. The van der Waals surface area contributed by atoms with Gasteiger partial charge in [0.1, 0.15) is 0 Å². The molecule has 1 N–H and O–H groups in total. The van der Waals surface area contributed by atoms with Crippen molar-refractivity contribution in [2.45, 2.75) is 6.92 Å². The Morgan fingerprint density at radius 2 is 2.05 bits per heavy atom. The van der Waals surface area contributed by atoms with Crippen LogP contribution in [0.15, 0.2) is 22.7 Å². The topological polar surface area (TPSA) is 58.6 Å². The monoisotopic (exact) mass is 386 g/mol. The summed E-state index contributed by atoms with van der Waals surface area (Å²) in [5, 5.41) is 2.84. The fourth-order valence-electron chi connectivity index (χ4n) is 2.05. The van der Waals surface area contributed by atoms with Gasteiger partial charge in [0.05, 0.1) is 24.7 Å². The number of carbonyl (C=O) groups excluding carboxylic acids is 2. The van der Waals surface area contributed by atoms with Gasteiger partial charge < -0.3 is 15.0 Å². The van der Waals surface area contributed by atoms with Gasteiger partial charge in [-0.2, -0.15) is 0 Å². The molecule has 0 radical (unpaired) electrons. The number of halogens is 1. The van der Waals surface area contributed by atoms with Gasteiger partial charge in [-0.1, -0.05) is 15.9 Å². The van der Waals surface area contributed by atoms with Crippen molar-refractivity contribution in [2.24, 2.45) is 0 Å². The lowest BCUT2D eigenvalue weighted by Gasteiger charge is -2.26. The fourth-order valence-corrected chi connectivity index (χ4v) is 3.02. The summed E-state index contributed by atoms with van der Waals surface area (Å²) in [5.41, 5.74) is 1.83. The normalized spacial score (nSPS) is 14.7. The van der Waals surface area contributed by atoms with Crippen LogP contribution in [0.2, 0.25) is 0 Å². The lowest BCUT2D eigenvalue weighted by Crippen LogP contribution is -2.41. The zero-order chi connectivity index (χ0) is 15.9. The minimum absolute atomic E-state index is 0.0700. The number of carbonyl (C=O) groups is 2. The summed E-state index contributed by atoms with van der Waals surface area (Å²) in [7, 11) is 0. The molecule has 120 valence electrons. The van der Waals surface area contributed by atoms with Gasteiger partial charge in [0, 0.05) is 23.2 Å². The number of aryl methyl sites for hydroxylation is 1. The third-order valence-electron chi connectivity index (χ3n) is 3.26. The zero-order valence-corrected chi connectivity index (χ0v) is 14.8. The Morgan fingerprint density at radius 3 is 2.73 bits per heavy atom. The molecule has 2 amide bonds. The summed E-state index contributed by atoms with van der Waals surface area (Å²) in [6.07, 6.45) is 0. The highest BCUT2D eigenvalue weighted by molar-refractivity contribution is 9.10. The molecule has 2 rings (SSSR count). The van der Waals surface area contributed by atoms with Gasteiger partial charge in [0.25, 0.3) is 0 Å². The summed E-state index contributed by atoms with van der Waals surface area (Å²) < 4.78 is 6.22. The molecule has 1 aliphatic heterocycles. The molecule has 7 heteroatoms. The van der Waals surface area contributed by atoms with Crippen molar-refractivity contribution in [1.29, 1.82) is 0 Å². The number of anilines is 1. The number of hydrogen-bond donors (Lipinski definition) is 1. The second kappa shape index (κ2) is 8.55. The van der Waals surface area contributed by atoms with Crippen LogP contribution >= 0.6 is 27.7 Å². The van der Waals surface area contributed by atoms with E-state index in [2.05, 4.69) is 21.2 Å². The maximum atomic E-state index is 11.9. The van der Waals surface area contributed by atoms with Gasteiger partial charge in [-0.05, 0) is 30.7 Å². The van der Waals surface area contributed by atoms with Crippen molar-refractivity contribution >= 4 is 45.2 Å². The zero-order valence-electron chi connectivity index (χ0n) is 12.4. The molecule has 0 spiro atoms. The highest BCUT2D eigenvalue weighted by Crippen LogP contribution is 2.20. The Labute approximate surface area is 142 Å². The predicted octanol–water partition coefficient (Wildman–Crippen LogP) is 2.29. The molecule has 1 aliphatic rings. The van der Waals surface area contributed by atoms with Crippen LogP contribution < -0.4 is 5.32 Å². The molecule has 0 aliphatic carbocycles. The van der Waals surface area contributed by atoms with E-state index in [0.717, 1.165) is 15.7 Å². The highest BCUT2D eigenvalue weighted by Gasteiger charge is 2.16. The number of nitrogens with zero attached hydrogens (tertiary/aromatic N) is 1. The Bertz CT molecular complexity index is 548. The quantitative estimate of drug-likeness (QED) is 0.843. The molecular weight excluding hydrogens is 368 g/mol. The van der Waals surface area contributed by atoms with Crippen LogP contribution in [0.1, 0.15) is 5.56 Å². The van der Waals surface area contributed by atoms with E-state index in [1.54, 1.807) is 4.90 Å². The number of rotatable bonds is 5. The summed E-state index contributed by atoms with van der Waals surface area (Å²) in [4.78, 5) is 25.6. The van der Waals surface area contributed by atoms with E-state index < -0.39 is 0 Å². The molecule has 1 fully saturated rings. The van der Waals surface area contributed by atoms with Gasteiger partial charge in [0.2, 0.25) is 11.8 Å². The van der Waals surface area contributed by atoms with Crippen LogP contribution in [-0.4, -0.2) is 54.5 Å². The van der Waals surface area contributed by atoms with E-state index in [9.17, 15) is 9.59 Å². The first kappa shape index (κ1) is 17.3. The number of hydrogen-bond acceptors (Lipinski definition) is 4. The van der Waals surface area contributed by atoms with Crippen LogP contribution in [0.25, 0.3) is 0 Å². The van der Waals surface area contributed by atoms with E-state index in [-0.39, 0.29) is 17.6 Å². The Hall–Kier alpha value is -1.05. The standard InChI is InChI=1S/C15H19BrN2O3S/c1-11-8-12(2-3-13(11)16)17-14(19)9-22-10-15(20)18-4-6-21-7-5-18/h2-3,8H,4-7,9-10H2,1H3,(H,17,19). The summed E-state index contributed by atoms with van der Waals surface area (Å²) in [5.74, 6) is 0.569. The molecule has 1 aromatic rings. The third-order valence-corrected chi connectivity index (χ3v) is 5.07. The number of thioether (sulfide) groups is 1. The Kier molecular flexibility index (Phi) is 6.72. The molecule has 1 heterocycles. The van der Waals surface area contributed by atoms with Crippen LogP contribution in [0.3, 0.4) is 0 Å². The molecule has 0 bridgehead atoms. The smallest absolute Gasteiger partial charge is 0.234 e. The number of morpholine rings is 1. The molecule has 22 heavy (non-hydrogen) atoms. The maximum absolute atomic E-state index is 11.9. The van der Waals surface area contributed by atoms with Gasteiger partial charge in [0.15, 0.2) is 0 Å².